The highest BCUT2D eigenvalue weighted by Gasteiger charge is 2.21. The maximum atomic E-state index is 12.6. The molecular formula is C21H19N3O2. The van der Waals surface area contributed by atoms with Crippen LogP contribution in [0.4, 0.5) is 17.2 Å². The third-order valence-corrected chi connectivity index (χ3v) is 4.46. The number of carbonyl (C=O) groups excluding carboxylic acids is 1. The molecule has 5 heteroatoms. The van der Waals surface area contributed by atoms with E-state index in [9.17, 15) is 4.79 Å². The van der Waals surface area contributed by atoms with Crippen LogP contribution in [-0.2, 0) is 6.42 Å². The highest BCUT2D eigenvalue weighted by Crippen LogP contribution is 2.33. The van der Waals surface area contributed by atoms with Gasteiger partial charge in [0.15, 0.2) is 0 Å². The van der Waals surface area contributed by atoms with Crippen LogP contribution in [0.3, 0.4) is 0 Å². The van der Waals surface area contributed by atoms with Gasteiger partial charge >= 0.3 is 0 Å². The molecule has 26 heavy (non-hydrogen) atoms. The standard InChI is InChI=1S/C21H19N3O2/c1-26-17-8-4-7-16(14-17)22-21(25)18-9-5-11-20(23-18)24-13-12-15-6-2-3-10-19(15)24/h2-11,14H,12-13H2,1H3,(H,22,25). The number of anilines is 3. The molecular weight excluding hydrogens is 326 g/mol. The summed E-state index contributed by atoms with van der Waals surface area (Å²) in [5, 5.41) is 2.87. The second kappa shape index (κ2) is 6.88. The van der Waals surface area contributed by atoms with Crippen LogP contribution in [0.1, 0.15) is 16.1 Å². The highest BCUT2D eigenvalue weighted by molar-refractivity contribution is 6.03. The first-order valence-corrected chi connectivity index (χ1v) is 8.52. The van der Waals surface area contributed by atoms with Crippen molar-refractivity contribution >= 4 is 23.1 Å². The van der Waals surface area contributed by atoms with Crippen LogP contribution in [0, 0.1) is 0 Å². The molecule has 1 aromatic heterocycles. The number of benzene rings is 2. The summed E-state index contributed by atoms with van der Waals surface area (Å²) in [7, 11) is 1.60. The normalized spacial score (nSPS) is 12.6. The fourth-order valence-electron chi connectivity index (χ4n) is 3.17. The number of aromatic nitrogens is 1. The Kier molecular flexibility index (Phi) is 4.27. The van der Waals surface area contributed by atoms with E-state index in [1.807, 2.05) is 42.5 Å². The van der Waals surface area contributed by atoms with Crippen LogP contribution >= 0.6 is 0 Å². The Hall–Kier alpha value is -3.34. The van der Waals surface area contributed by atoms with Crippen molar-refractivity contribution in [1.29, 1.82) is 0 Å². The number of ether oxygens (including phenoxy) is 1. The molecule has 0 radical (unpaired) electrons. The third-order valence-electron chi connectivity index (χ3n) is 4.46. The van der Waals surface area contributed by atoms with Crippen LogP contribution in [-0.4, -0.2) is 24.5 Å². The molecule has 0 aliphatic carbocycles. The second-order valence-corrected chi connectivity index (χ2v) is 6.10. The Labute approximate surface area is 152 Å². The Morgan fingerprint density at radius 2 is 1.92 bits per heavy atom. The Bertz CT molecular complexity index is 955. The predicted molar refractivity (Wildman–Crippen MR) is 102 cm³/mol. The lowest BCUT2D eigenvalue weighted by Crippen LogP contribution is -2.18. The number of fused-ring (bicyclic) bond motifs is 1. The van der Waals surface area contributed by atoms with E-state index in [-0.39, 0.29) is 5.91 Å². The number of rotatable bonds is 4. The molecule has 1 aliphatic rings. The summed E-state index contributed by atoms with van der Waals surface area (Å²) >= 11 is 0. The van der Waals surface area contributed by atoms with Gasteiger partial charge in [0.1, 0.15) is 17.3 Å². The molecule has 0 saturated carbocycles. The number of methoxy groups -OCH3 is 1. The predicted octanol–water partition coefficient (Wildman–Crippen LogP) is 4.04. The molecule has 0 fully saturated rings. The first-order valence-electron chi connectivity index (χ1n) is 8.52. The zero-order valence-corrected chi connectivity index (χ0v) is 14.5. The molecule has 0 bridgehead atoms. The number of pyridine rings is 1. The van der Waals surface area contributed by atoms with Gasteiger partial charge in [0.2, 0.25) is 0 Å². The van der Waals surface area contributed by atoms with E-state index in [2.05, 4.69) is 27.3 Å². The molecule has 2 aromatic carbocycles. The van der Waals surface area contributed by atoms with E-state index in [4.69, 9.17) is 4.74 Å². The smallest absolute Gasteiger partial charge is 0.274 e. The highest BCUT2D eigenvalue weighted by atomic mass is 16.5. The molecule has 3 aromatic rings. The SMILES string of the molecule is COc1cccc(NC(=O)c2cccc(N3CCc4ccccc43)n2)c1. The quantitative estimate of drug-likeness (QED) is 0.775. The van der Waals surface area contributed by atoms with Crippen molar-refractivity contribution in [3.05, 3.63) is 78.0 Å². The molecule has 5 nitrogen and oxygen atoms in total. The van der Waals surface area contributed by atoms with Gasteiger partial charge in [-0.3, -0.25) is 4.79 Å². The minimum atomic E-state index is -0.243. The van der Waals surface area contributed by atoms with Gasteiger partial charge in [-0.2, -0.15) is 0 Å². The fraction of sp³-hybridized carbons (Fsp3) is 0.143. The van der Waals surface area contributed by atoms with Gasteiger partial charge in [-0.15, -0.1) is 0 Å². The average Bonchev–Trinajstić information content (AvgIpc) is 3.12. The zero-order chi connectivity index (χ0) is 17.9. The molecule has 0 atom stereocenters. The molecule has 0 unspecified atom stereocenters. The van der Waals surface area contributed by atoms with Gasteiger partial charge in [-0.05, 0) is 42.3 Å². The average molecular weight is 345 g/mol. The number of para-hydroxylation sites is 1. The lowest BCUT2D eigenvalue weighted by atomic mass is 10.2. The number of carbonyl (C=O) groups is 1. The first kappa shape index (κ1) is 16.1. The Morgan fingerprint density at radius 3 is 2.81 bits per heavy atom. The van der Waals surface area contributed by atoms with Gasteiger partial charge < -0.3 is 15.0 Å². The lowest BCUT2D eigenvalue weighted by Gasteiger charge is -2.18. The maximum absolute atomic E-state index is 12.6. The largest absolute Gasteiger partial charge is 0.497 e. The van der Waals surface area contributed by atoms with Crippen LogP contribution in [0.15, 0.2) is 66.7 Å². The summed E-state index contributed by atoms with van der Waals surface area (Å²) in [6.07, 6.45) is 0.984. The van der Waals surface area contributed by atoms with Gasteiger partial charge in [0.25, 0.3) is 5.91 Å². The van der Waals surface area contributed by atoms with Crippen molar-refractivity contribution < 1.29 is 9.53 Å². The summed E-state index contributed by atoms with van der Waals surface area (Å²) in [4.78, 5) is 19.3. The zero-order valence-electron chi connectivity index (χ0n) is 14.5. The van der Waals surface area contributed by atoms with Crippen LogP contribution in [0.25, 0.3) is 0 Å². The van der Waals surface area contributed by atoms with Crippen molar-refractivity contribution in [2.24, 2.45) is 0 Å². The summed E-state index contributed by atoms with van der Waals surface area (Å²) in [5.74, 6) is 1.24. The van der Waals surface area contributed by atoms with Gasteiger partial charge in [-0.25, -0.2) is 4.98 Å². The molecule has 0 saturated heterocycles. The van der Waals surface area contributed by atoms with Crippen LogP contribution < -0.4 is 15.0 Å². The third kappa shape index (κ3) is 3.11. The molecule has 1 aliphatic heterocycles. The summed E-state index contributed by atoms with van der Waals surface area (Å²) in [6, 6.07) is 21.1. The molecule has 2 heterocycles. The van der Waals surface area contributed by atoms with E-state index in [0.29, 0.717) is 17.1 Å². The number of amides is 1. The van der Waals surface area contributed by atoms with E-state index < -0.39 is 0 Å². The van der Waals surface area contributed by atoms with E-state index >= 15 is 0 Å². The molecule has 130 valence electrons. The second-order valence-electron chi connectivity index (χ2n) is 6.10. The summed E-state index contributed by atoms with van der Waals surface area (Å²) in [6.45, 7) is 0.868. The maximum Gasteiger partial charge on any atom is 0.274 e. The van der Waals surface area contributed by atoms with Crippen molar-refractivity contribution in [2.45, 2.75) is 6.42 Å². The van der Waals surface area contributed by atoms with Gasteiger partial charge in [0.05, 0.1) is 7.11 Å². The summed E-state index contributed by atoms with van der Waals surface area (Å²) in [5.41, 5.74) is 3.52. The monoisotopic (exact) mass is 345 g/mol. The number of nitrogens with zero attached hydrogens (tertiary/aromatic N) is 2. The van der Waals surface area contributed by atoms with Crippen LogP contribution in [0.5, 0.6) is 5.75 Å². The molecule has 1 amide bonds. The number of hydrogen-bond acceptors (Lipinski definition) is 4. The van der Waals surface area contributed by atoms with Crippen molar-refractivity contribution in [2.75, 3.05) is 23.9 Å². The first-order chi connectivity index (χ1) is 12.7. The van der Waals surface area contributed by atoms with E-state index in [1.165, 1.54) is 5.56 Å². The fourth-order valence-corrected chi connectivity index (χ4v) is 3.17. The summed E-state index contributed by atoms with van der Waals surface area (Å²) < 4.78 is 5.19. The Balaban J connectivity index is 1.57. The molecule has 0 spiro atoms. The lowest BCUT2D eigenvalue weighted by molar-refractivity contribution is 0.102. The van der Waals surface area contributed by atoms with Crippen molar-refractivity contribution in [3.63, 3.8) is 0 Å². The number of nitrogens with one attached hydrogen (secondary N) is 1. The molecule has 4 rings (SSSR count). The van der Waals surface area contributed by atoms with Gasteiger partial charge in [0, 0.05) is 24.0 Å². The minimum absolute atomic E-state index is 0.243. The number of hydrogen-bond donors (Lipinski definition) is 1. The Morgan fingerprint density at radius 1 is 1.08 bits per heavy atom. The van der Waals surface area contributed by atoms with Crippen molar-refractivity contribution in [3.8, 4) is 5.75 Å². The van der Waals surface area contributed by atoms with Gasteiger partial charge in [-0.1, -0.05) is 30.3 Å². The minimum Gasteiger partial charge on any atom is -0.497 e. The topological polar surface area (TPSA) is 54.5 Å². The van der Waals surface area contributed by atoms with Crippen molar-refractivity contribution in [1.82, 2.24) is 4.98 Å². The van der Waals surface area contributed by atoms with E-state index in [1.54, 1.807) is 19.2 Å². The molecule has 1 N–H and O–H groups in total. The van der Waals surface area contributed by atoms with Crippen LogP contribution in [0.2, 0.25) is 0 Å². The van der Waals surface area contributed by atoms with E-state index in [0.717, 1.165) is 24.5 Å².